The van der Waals surface area contributed by atoms with Crippen LogP contribution in [0, 0.1) is 0 Å². The summed E-state index contributed by atoms with van der Waals surface area (Å²) in [5, 5.41) is 0. The molecule has 1 aromatic heterocycles. The van der Waals surface area contributed by atoms with Crippen molar-refractivity contribution >= 4 is 11.6 Å². The molecule has 2 rings (SSSR count). The summed E-state index contributed by atoms with van der Waals surface area (Å²) in [7, 11) is 4.11. The quantitative estimate of drug-likeness (QED) is 0.820. The highest BCUT2D eigenvalue weighted by atomic mass is 15.2. The minimum Gasteiger partial charge on any atom is -0.358 e. The van der Waals surface area contributed by atoms with Crippen LogP contribution in [0.4, 0.5) is 11.6 Å². The number of hydrogen-bond acceptors (Lipinski definition) is 5. The third kappa shape index (κ3) is 2.66. The standard InChI is InChI=1S/C12H21N5/c1-16(7-6-13)11-8-12(15-9-14-11)17(2)10-4-3-5-10/h8-10H,3-7,13H2,1-2H3. The summed E-state index contributed by atoms with van der Waals surface area (Å²) in [5.74, 6) is 1.94. The topological polar surface area (TPSA) is 58.3 Å². The molecule has 0 bridgehead atoms. The van der Waals surface area contributed by atoms with Crippen molar-refractivity contribution in [3.63, 3.8) is 0 Å². The van der Waals surface area contributed by atoms with Crippen molar-refractivity contribution in [2.75, 3.05) is 37.0 Å². The molecule has 1 aliphatic carbocycles. The molecule has 0 saturated heterocycles. The highest BCUT2D eigenvalue weighted by Crippen LogP contribution is 2.27. The monoisotopic (exact) mass is 235 g/mol. The van der Waals surface area contributed by atoms with Gasteiger partial charge in [-0.1, -0.05) is 0 Å². The Balaban J connectivity index is 2.09. The zero-order valence-electron chi connectivity index (χ0n) is 10.6. The van der Waals surface area contributed by atoms with Gasteiger partial charge in [0.2, 0.25) is 0 Å². The molecule has 1 fully saturated rings. The van der Waals surface area contributed by atoms with Gasteiger partial charge < -0.3 is 15.5 Å². The van der Waals surface area contributed by atoms with E-state index in [1.807, 2.05) is 13.1 Å². The number of likely N-dealkylation sites (N-methyl/N-ethyl adjacent to an activating group) is 1. The van der Waals surface area contributed by atoms with Crippen molar-refractivity contribution in [1.82, 2.24) is 9.97 Å². The maximum absolute atomic E-state index is 5.55. The van der Waals surface area contributed by atoms with Crippen molar-refractivity contribution in [3.8, 4) is 0 Å². The molecule has 5 heteroatoms. The second-order valence-electron chi connectivity index (χ2n) is 4.64. The maximum Gasteiger partial charge on any atom is 0.134 e. The lowest BCUT2D eigenvalue weighted by atomic mass is 9.92. The van der Waals surface area contributed by atoms with Gasteiger partial charge in [0.05, 0.1) is 0 Å². The van der Waals surface area contributed by atoms with E-state index in [1.54, 1.807) is 6.33 Å². The van der Waals surface area contributed by atoms with E-state index in [2.05, 4.69) is 26.8 Å². The molecule has 94 valence electrons. The number of nitrogens with zero attached hydrogens (tertiary/aromatic N) is 4. The van der Waals surface area contributed by atoms with Crippen LogP contribution in [-0.2, 0) is 0 Å². The number of aromatic nitrogens is 2. The molecule has 1 aliphatic rings. The van der Waals surface area contributed by atoms with Crippen molar-refractivity contribution in [2.45, 2.75) is 25.3 Å². The fourth-order valence-electron chi connectivity index (χ4n) is 2.01. The smallest absolute Gasteiger partial charge is 0.134 e. The van der Waals surface area contributed by atoms with Crippen LogP contribution in [0.2, 0.25) is 0 Å². The van der Waals surface area contributed by atoms with Gasteiger partial charge in [0.15, 0.2) is 0 Å². The van der Waals surface area contributed by atoms with Gasteiger partial charge in [-0.3, -0.25) is 0 Å². The van der Waals surface area contributed by atoms with Crippen LogP contribution < -0.4 is 15.5 Å². The van der Waals surface area contributed by atoms with E-state index in [-0.39, 0.29) is 0 Å². The van der Waals surface area contributed by atoms with Crippen molar-refractivity contribution in [3.05, 3.63) is 12.4 Å². The molecule has 0 unspecified atom stereocenters. The van der Waals surface area contributed by atoms with Gasteiger partial charge in [-0.15, -0.1) is 0 Å². The molecule has 0 aromatic carbocycles. The molecule has 5 nitrogen and oxygen atoms in total. The molecule has 0 aliphatic heterocycles. The van der Waals surface area contributed by atoms with Crippen LogP contribution in [-0.4, -0.2) is 43.2 Å². The Labute approximate surface area is 103 Å². The van der Waals surface area contributed by atoms with Gasteiger partial charge in [0.1, 0.15) is 18.0 Å². The zero-order chi connectivity index (χ0) is 12.3. The molecular weight excluding hydrogens is 214 g/mol. The number of hydrogen-bond donors (Lipinski definition) is 1. The Morgan fingerprint density at radius 1 is 1.29 bits per heavy atom. The molecule has 1 saturated carbocycles. The third-order valence-corrected chi connectivity index (χ3v) is 3.48. The van der Waals surface area contributed by atoms with Crippen LogP contribution in [0.3, 0.4) is 0 Å². The second kappa shape index (κ2) is 5.31. The maximum atomic E-state index is 5.55. The summed E-state index contributed by atoms with van der Waals surface area (Å²) in [5.41, 5.74) is 5.55. The number of nitrogens with two attached hydrogens (primary N) is 1. The molecule has 1 heterocycles. The lowest BCUT2D eigenvalue weighted by Gasteiger charge is -2.35. The van der Waals surface area contributed by atoms with E-state index in [1.165, 1.54) is 19.3 Å². The molecule has 0 amide bonds. The first-order valence-electron chi connectivity index (χ1n) is 6.18. The third-order valence-electron chi connectivity index (χ3n) is 3.48. The van der Waals surface area contributed by atoms with E-state index in [0.717, 1.165) is 18.2 Å². The summed E-state index contributed by atoms with van der Waals surface area (Å²) >= 11 is 0. The first-order chi connectivity index (χ1) is 8.22. The highest BCUT2D eigenvalue weighted by Gasteiger charge is 2.23. The van der Waals surface area contributed by atoms with Crippen LogP contribution in [0.5, 0.6) is 0 Å². The Morgan fingerprint density at radius 2 is 2.00 bits per heavy atom. The van der Waals surface area contributed by atoms with Crippen molar-refractivity contribution in [1.29, 1.82) is 0 Å². The fourth-order valence-corrected chi connectivity index (χ4v) is 2.01. The van der Waals surface area contributed by atoms with Gasteiger partial charge in [0.25, 0.3) is 0 Å². The molecule has 17 heavy (non-hydrogen) atoms. The van der Waals surface area contributed by atoms with Crippen LogP contribution in [0.1, 0.15) is 19.3 Å². The Bertz CT molecular complexity index is 364. The van der Waals surface area contributed by atoms with Gasteiger partial charge >= 0.3 is 0 Å². The van der Waals surface area contributed by atoms with Gasteiger partial charge in [-0.2, -0.15) is 0 Å². The molecule has 1 aromatic rings. The van der Waals surface area contributed by atoms with Crippen LogP contribution in [0.15, 0.2) is 12.4 Å². The molecule has 0 radical (unpaired) electrons. The summed E-state index contributed by atoms with van der Waals surface area (Å²) < 4.78 is 0. The van der Waals surface area contributed by atoms with E-state index in [0.29, 0.717) is 12.6 Å². The average molecular weight is 235 g/mol. The van der Waals surface area contributed by atoms with Crippen molar-refractivity contribution < 1.29 is 0 Å². The summed E-state index contributed by atoms with van der Waals surface area (Å²) in [6.07, 6.45) is 5.51. The molecule has 0 atom stereocenters. The number of rotatable bonds is 5. The SMILES string of the molecule is CN(CCN)c1cc(N(C)C2CCC2)ncn1. The molecular formula is C12H21N5. The molecule has 2 N–H and O–H groups in total. The number of anilines is 2. The molecule has 0 spiro atoms. The van der Waals surface area contributed by atoms with Gasteiger partial charge in [-0.05, 0) is 19.3 Å². The predicted molar refractivity (Wildman–Crippen MR) is 70.4 cm³/mol. The Kier molecular flexibility index (Phi) is 3.78. The first-order valence-corrected chi connectivity index (χ1v) is 6.18. The van der Waals surface area contributed by atoms with Crippen LogP contribution >= 0.6 is 0 Å². The lowest BCUT2D eigenvalue weighted by molar-refractivity contribution is 0.399. The van der Waals surface area contributed by atoms with E-state index < -0.39 is 0 Å². The second-order valence-corrected chi connectivity index (χ2v) is 4.64. The zero-order valence-corrected chi connectivity index (χ0v) is 10.6. The Hall–Kier alpha value is -1.36. The average Bonchev–Trinajstić information content (AvgIpc) is 2.27. The predicted octanol–water partition coefficient (Wildman–Crippen LogP) is 0.860. The minimum absolute atomic E-state index is 0.633. The summed E-state index contributed by atoms with van der Waals surface area (Å²) in [6, 6.07) is 2.69. The summed E-state index contributed by atoms with van der Waals surface area (Å²) in [6.45, 7) is 1.44. The lowest BCUT2D eigenvalue weighted by Crippen LogP contribution is -2.37. The van der Waals surface area contributed by atoms with Gasteiger partial charge in [0, 0.05) is 39.3 Å². The van der Waals surface area contributed by atoms with Crippen LogP contribution in [0.25, 0.3) is 0 Å². The highest BCUT2D eigenvalue weighted by molar-refractivity contribution is 5.50. The van der Waals surface area contributed by atoms with E-state index in [9.17, 15) is 0 Å². The van der Waals surface area contributed by atoms with Crippen molar-refractivity contribution in [2.24, 2.45) is 5.73 Å². The van der Waals surface area contributed by atoms with E-state index in [4.69, 9.17) is 5.73 Å². The summed E-state index contributed by atoms with van der Waals surface area (Å²) in [4.78, 5) is 12.9. The minimum atomic E-state index is 0.633. The normalized spacial score (nSPS) is 15.5. The fraction of sp³-hybridized carbons (Fsp3) is 0.667. The largest absolute Gasteiger partial charge is 0.358 e. The first kappa shape index (κ1) is 12.1. The van der Waals surface area contributed by atoms with E-state index >= 15 is 0 Å². The van der Waals surface area contributed by atoms with Gasteiger partial charge in [-0.25, -0.2) is 9.97 Å². The Morgan fingerprint density at radius 3 is 2.59 bits per heavy atom.